The van der Waals surface area contributed by atoms with Crippen LogP contribution in [0, 0.1) is 0 Å². The number of nitrogens with two attached hydrogens (primary N) is 1. The fourth-order valence-electron chi connectivity index (χ4n) is 2.45. The summed E-state index contributed by atoms with van der Waals surface area (Å²) >= 11 is 0. The van der Waals surface area contributed by atoms with E-state index in [-0.39, 0.29) is 5.97 Å². The molecule has 0 saturated carbocycles. The number of unbranched alkanes of at least 4 members (excludes halogenated alkanes) is 8. The van der Waals surface area contributed by atoms with Gasteiger partial charge in [-0.2, -0.15) is 0 Å². The molecule has 0 amide bonds. The maximum atomic E-state index is 11.0. The maximum Gasteiger partial charge on any atom is 0.291 e. The molecule has 0 aromatic carbocycles. The smallest absolute Gasteiger partial charge is 0.291 e. The molecular formula is C18H37NO2Si. The van der Waals surface area contributed by atoms with Gasteiger partial charge in [-0.05, 0) is 44.9 Å². The molecule has 0 aliphatic carbocycles. The number of allylic oxidation sites excluding steroid dienone is 2. The Morgan fingerprint density at radius 3 is 2.14 bits per heavy atom. The highest BCUT2D eigenvalue weighted by atomic mass is 28.2. The van der Waals surface area contributed by atoms with Crippen LogP contribution in [0.2, 0.25) is 0 Å². The van der Waals surface area contributed by atoms with E-state index in [1.807, 2.05) is 0 Å². The summed E-state index contributed by atoms with van der Waals surface area (Å²) in [5.41, 5.74) is 5.90. The van der Waals surface area contributed by atoms with Crippen molar-refractivity contribution in [3.63, 3.8) is 0 Å². The van der Waals surface area contributed by atoms with Gasteiger partial charge in [-0.25, -0.2) is 0 Å². The third-order valence-corrected chi connectivity index (χ3v) is 4.57. The van der Waals surface area contributed by atoms with Gasteiger partial charge in [0, 0.05) is 12.5 Å². The Morgan fingerprint density at radius 2 is 1.55 bits per heavy atom. The van der Waals surface area contributed by atoms with Gasteiger partial charge in [-0.1, -0.05) is 51.2 Å². The van der Waals surface area contributed by atoms with E-state index in [0.29, 0.717) is 22.9 Å². The Bertz CT molecular complexity index is 282. The first-order valence-corrected chi connectivity index (χ1v) is 9.99. The van der Waals surface area contributed by atoms with E-state index in [0.717, 1.165) is 19.3 Å². The van der Waals surface area contributed by atoms with Gasteiger partial charge in [0.05, 0.1) is 0 Å². The average Bonchev–Trinajstić information content (AvgIpc) is 2.54. The second-order valence-corrected chi connectivity index (χ2v) is 6.57. The molecule has 130 valence electrons. The van der Waals surface area contributed by atoms with Crippen molar-refractivity contribution in [1.29, 1.82) is 0 Å². The molecule has 1 atom stereocenters. The predicted molar refractivity (Wildman–Crippen MR) is 98.8 cm³/mol. The van der Waals surface area contributed by atoms with Crippen molar-refractivity contribution in [3.05, 3.63) is 12.2 Å². The van der Waals surface area contributed by atoms with Crippen LogP contribution in [0.15, 0.2) is 12.2 Å². The van der Waals surface area contributed by atoms with E-state index in [1.165, 1.54) is 57.8 Å². The lowest BCUT2D eigenvalue weighted by Gasteiger charge is -2.06. The highest BCUT2D eigenvalue weighted by Gasteiger charge is 1.98. The zero-order valence-electron chi connectivity index (χ0n) is 14.8. The van der Waals surface area contributed by atoms with Gasteiger partial charge in [0.1, 0.15) is 0 Å². The fourth-order valence-corrected chi connectivity index (χ4v) is 2.65. The molecule has 2 N–H and O–H groups in total. The molecule has 0 saturated heterocycles. The Kier molecular flexibility index (Phi) is 16.3. The molecule has 0 heterocycles. The highest BCUT2D eigenvalue weighted by Crippen LogP contribution is 2.09. The number of carbonyl (C=O) groups excluding carboxylic acids is 1. The monoisotopic (exact) mass is 327 g/mol. The predicted octanol–water partition coefficient (Wildman–Crippen LogP) is 3.78. The van der Waals surface area contributed by atoms with Crippen LogP contribution in [0.5, 0.6) is 0 Å². The molecule has 0 aromatic heterocycles. The summed E-state index contributed by atoms with van der Waals surface area (Å²) in [6, 6.07) is 0.407. The largest absolute Gasteiger partial charge is 0.529 e. The molecule has 0 aliphatic heterocycles. The molecule has 0 bridgehead atoms. The molecule has 22 heavy (non-hydrogen) atoms. The van der Waals surface area contributed by atoms with Crippen LogP contribution in [-0.4, -0.2) is 22.5 Å². The van der Waals surface area contributed by atoms with Crippen molar-refractivity contribution in [2.75, 3.05) is 0 Å². The highest BCUT2D eigenvalue weighted by molar-refractivity contribution is 6.05. The Labute approximate surface area is 140 Å². The molecule has 0 spiro atoms. The third-order valence-electron chi connectivity index (χ3n) is 4.12. The van der Waals surface area contributed by atoms with Gasteiger partial charge < -0.3 is 10.2 Å². The molecule has 4 heteroatoms. The van der Waals surface area contributed by atoms with E-state index in [4.69, 9.17) is 10.2 Å². The summed E-state index contributed by atoms with van der Waals surface area (Å²) in [6.45, 7) is 2.16. The fraction of sp³-hybridized carbons (Fsp3) is 0.833. The summed E-state index contributed by atoms with van der Waals surface area (Å²) in [7, 11) is 0.530. The molecule has 1 unspecified atom stereocenters. The van der Waals surface area contributed by atoms with Gasteiger partial charge in [0.2, 0.25) is 10.5 Å². The van der Waals surface area contributed by atoms with Crippen LogP contribution in [0.25, 0.3) is 0 Å². The lowest BCUT2D eigenvalue weighted by atomic mass is 10.1. The van der Waals surface area contributed by atoms with Gasteiger partial charge in [0.25, 0.3) is 5.97 Å². The van der Waals surface area contributed by atoms with Gasteiger partial charge in [0.15, 0.2) is 0 Å². The van der Waals surface area contributed by atoms with Crippen molar-refractivity contribution >= 4 is 16.5 Å². The lowest BCUT2D eigenvalue weighted by Crippen LogP contribution is -2.17. The summed E-state index contributed by atoms with van der Waals surface area (Å²) in [4.78, 5) is 11.0. The van der Waals surface area contributed by atoms with E-state index in [9.17, 15) is 4.79 Å². The topological polar surface area (TPSA) is 52.3 Å². The van der Waals surface area contributed by atoms with Crippen LogP contribution in [0.4, 0.5) is 0 Å². The summed E-state index contributed by atoms with van der Waals surface area (Å²) in [5, 5.41) is 0. The van der Waals surface area contributed by atoms with Crippen molar-refractivity contribution in [1.82, 2.24) is 0 Å². The molecule has 0 fully saturated rings. The van der Waals surface area contributed by atoms with Crippen LogP contribution in [0.3, 0.4) is 0 Å². The van der Waals surface area contributed by atoms with Crippen LogP contribution in [0.1, 0.15) is 90.4 Å². The lowest BCUT2D eigenvalue weighted by molar-refractivity contribution is -0.134. The first-order chi connectivity index (χ1) is 10.7. The first-order valence-electron chi connectivity index (χ1n) is 9.18. The van der Waals surface area contributed by atoms with Gasteiger partial charge in [-0.15, -0.1) is 0 Å². The summed E-state index contributed by atoms with van der Waals surface area (Å²) in [5.74, 6) is -0.0220. The van der Waals surface area contributed by atoms with E-state index in [2.05, 4.69) is 19.1 Å². The van der Waals surface area contributed by atoms with Gasteiger partial charge in [-0.3, -0.25) is 4.79 Å². The second kappa shape index (κ2) is 16.8. The Morgan fingerprint density at radius 1 is 1.00 bits per heavy atom. The molecule has 0 radical (unpaired) electrons. The normalized spacial score (nSPS) is 12.8. The molecule has 0 aliphatic rings. The number of rotatable bonds is 15. The Balaban J connectivity index is 3.16. The first kappa shape index (κ1) is 21.4. The molecular weight excluding hydrogens is 290 g/mol. The molecule has 3 nitrogen and oxygen atoms in total. The number of hydrogen-bond donors (Lipinski definition) is 1. The maximum absolute atomic E-state index is 11.0. The minimum absolute atomic E-state index is 0.0220. The standard InChI is InChI=1S/C18H37NO2Si/c1-2-17(19)15-13-11-9-7-5-3-4-6-8-10-12-14-16-18(20)21-22/h3,5,17H,2,4,6-16,19H2,1,22H3/b5-3-. The van der Waals surface area contributed by atoms with Crippen molar-refractivity contribution in [3.8, 4) is 0 Å². The second-order valence-electron chi connectivity index (χ2n) is 6.16. The minimum Gasteiger partial charge on any atom is -0.529 e. The average molecular weight is 328 g/mol. The quantitative estimate of drug-likeness (QED) is 0.283. The van der Waals surface area contributed by atoms with E-state index < -0.39 is 0 Å². The van der Waals surface area contributed by atoms with Crippen LogP contribution < -0.4 is 5.73 Å². The summed E-state index contributed by atoms with van der Waals surface area (Å²) in [6.07, 6.45) is 19.8. The minimum atomic E-state index is -0.0220. The van der Waals surface area contributed by atoms with Crippen molar-refractivity contribution < 1.29 is 9.22 Å². The van der Waals surface area contributed by atoms with E-state index in [1.54, 1.807) is 0 Å². The summed E-state index contributed by atoms with van der Waals surface area (Å²) < 4.78 is 4.76. The SMILES string of the molecule is CCC(N)CCCCC/C=C\CCCCCCCC(=O)O[SiH3]. The zero-order chi connectivity index (χ0) is 16.5. The van der Waals surface area contributed by atoms with Crippen molar-refractivity contribution in [2.24, 2.45) is 5.73 Å². The Hall–Kier alpha value is -0.613. The van der Waals surface area contributed by atoms with E-state index >= 15 is 0 Å². The molecule has 0 aromatic rings. The number of hydrogen-bond acceptors (Lipinski definition) is 3. The van der Waals surface area contributed by atoms with Gasteiger partial charge >= 0.3 is 0 Å². The van der Waals surface area contributed by atoms with Crippen LogP contribution >= 0.6 is 0 Å². The zero-order valence-corrected chi connectivity index (χ0v) is 16.8. The van der Waals surface area contributed by atoms with Crippen molar-refractivity contribution in [2.45, 2.75) is 96.4 Å². The number of carbonyl (C=O) groups is 1. The van der Waals surface area contributed by atoms with Crippen LogP contribution in [-0.2, 0) is 9.22 Å². The third kappa shape index (κ3) is 15.8. The molecule has 0 rings (SSSR count).